The van der Waals surface area contributed by atoms with Crippen LogP contribution in [0, 0.1) is 12.8 Å². The summed E-state index contributed by atoms with van der Waals surface area (Å²) in [5.41, 5.74) is 0. The standard InChI is InChI=1S/C13H17NO3S/c1-8-2-5-10(18-8)7-12(15)14-11(13(16)17)6-9-3-4-9/h2,5,9,11H,3-4,6-7H2,1H3,(H,14,15)(H,16,17). The summed E-state index contributed by atoms with van der Waals surface area (Å²) in [6, 6.07) is 3.15. The topological polar surface area (TPSA) is 66.4 Å². The van der Waals surface area contributed by atoms with E-state index < -0.39 is 12.0 Å². The van der Waals surface area contributed by atoms with Crippen LogP contribution in [0.4, 0.5) is 0 Å². The summed E-state index contributed by atoms with van der Waals surface area (Å²) in [6.07, 6.45) is 3.00. The lowest BCUT2D eigenvalue weighted by atomic mass is 10.1. The van der Waals surface area contributed by atoms with E-state index in [0.29, 0.717) is 12.3 Å². The fourth-order valence-corrected chi connectivity index (χ4v) is 2.78. The fourth-order valence-electron chi connectivity index (χ4n) is 1.89. The van der Waals surface area contributed by atoms with Gasteiger partial charge in [-0.1, -0.05) is 12.8 Å². The van der Waals surface area contributed by atoms with Gasteiger partial charge in [0, 0.05) is 9.75 Å². The Morgan fingerprint density at radius 3 is 2.72 bits per heavy atom. The van der Waals surface area contributed by atoms with Crippen LogP contribution in [0.25, 0.3) is 0 Å². The molecule has 1 fully saturated rings. The number of hydrogen-bond acceptors (Lipinski definition) is 3. The average Bonchev–Trinajstić information content (AvgIpc) is 3.01. The quantitative estimate of drug-likeness (QED) is 0.828. The molecule has 4 nitrogen and oxygen atoms in total. The van der Waals surface area contributed by atoms with Crippen molar-refractivity contribution in [1.82, 2.24) is 5.32 Å². The van der Waals surface area contributed by atoms with Crippen LogP contribution in [0.3, 0.4) is 0 Å². The smallest absolute Gasteiger partial charge is 0.326 e. The van der Waals surface area contributed by atoms with Crippen molar-refractivity contribution in [3.05, 3.63) is 21.9 Å². The van der Waals surface area contributed by atoms with Gasteiger partial charge in [0.1, 0.15) is 6.04 Å². The van der Waals surface area contributed by atoms with Crippen molar-refractivity contribution in [2.24, 2.45) is 5.92 Å². The van der Waals surface area contributed by atoms with Crippen molar-refractivity contribution >= 4 is 23.2 Å². The van der Waals surface area contributed by atoms with Crippen molar-refractivity contribution in [3.63, 3.8) is 0 Å². The highest BCUT2D eigenvalue weighted by atomic mass is 32.1. The predicted octanol–water partition coefficient (Wildman–Crippen LogP) is 1.97. The minimum absolute atomic E-state index is 0.204. The van der Waals surface area contributed by atoms with Gasteiger partial charge in [-0.25, -0.2) is 4.79 Å². The molecule has 0 saturated heterocycles. The van der Waals surface area contributed by atoms with Crippen molar-refractivity contribution in [2.45, 2.75) is 38.6 Å². The molecule has 5 heteroatoms. The molecule has 1 aliphatic carbocycles. The highest BCUT2D eigenvalue weighted by Gasteiger charge is 2.30. The third-order valence-electron chi connectivity index (χ3n) is 3.03. The van der Waals surface area contributed by atoms with Gasteiger partial charge in [0.25, 0.3) is 0 Å². The molecule has 2 N–H and O–H groups in total. The van der Waals surface area contributed by atoms with Crippen LogP contribution in [-0.4, -0.2) is 23.0 Å². The number of aliphatic carboxylic acids is 1. The average molecular weight is 267 g/mol. The first kappa shape index (κ1) is 13.1. The van der Waals surface area contributed by atoms with Gasteiger partial charge >= 0.3 is 5.97 Å². The number of carbonyl (C=O) groups is 2. The maximum atomic E-state index is 11.8. The molecule has 1 aromatic heterocycles. The largest absolute Gasteiger partial charge is 0.480 e. The number of carboxylic acids is 1. The van der Waals surface area contributed by atoms with Crippen molar-refractivity contribution < 1.29 is 14.7 Å². The molecule has 18 heavy (non-hydrogen) atoms. The molecule has 1 heterocycles. The van der Waals surface area contributed by atoms with E-state index in [9.17, 15) is 9.59 Å². The zero-order valence-corrected chi connectivity index (χ0v) is 11.1. The summed E-state index contributed by atoms with van der Waals surface area (Å²) in [7, 11) is 0. The molecule has 2 rings (SSSR count). The van der Waals surface area contributed by atoms with E-state index in [-0.39, 0.29) is 12.3 Å². The van der Waals surface area contributed by atoms with Crippen LogP contribution in [0.15, 0.2) is 12.1 Å². The molecule has 1 aromatic rings. The molecule has 1 atom stereocenters. The fraction of sp³-hybridized carbons (Fsp3) is 0.538. The number of nitrogens with one attached hydrogen (secondary N) is 1. The van der Waals surface area contributed by atoms with Crippen LogP contribution in [-0.2, 0) is 16.0 Å². The van der Waals surface area contributed by atoms with Gasteiger partial charge in [-0.2, -0.15) is 0 Å². The SMILES string of the molecule is Cc1ccc(CC(=O)NC(CC2CC2)C(=O)O)s1. The van der Waals surface area contributed by atoms with Gasteiger partial charge in [0.2, 0.25) is 5.91 Å². The first-order chi connectivity index (χ1) is 8.54. The third kappa shape index (κ3) is 3.84. The lowest BCUT2D eigenvalue weighted by Gasteiger charge is -2.13. The van der Waals surface area contributed by atoms with Crippen LogP contribution >= 0.6 is 11.3 Å². The van der Waals surface area contributed by atoms with Crippen LogP contribution in [0.5, 0.6) is 0 Å². The highest BCUT2D eigenvalue weighted by molar-refractivity contribution is 7.12. The second-order valence-electron chi connectivity index (χ2n) is 4.83. The number of carbonyl (C=O) groups excluding carboxylic acids is 1. The molecule has 1 aliphatic rings. The van der Waals surface area contributed by atoms with E-state index in [4.69, 9.17) is 5.11 Å². The third-order valence-corrected chi connectivity index (χ3v) is 4.03. The molecule has 0 aliphatic heterocycles. The Balaban J connectivity index is 1.85. The van der Waals surface area contributed by atoms with E-state index >= 15 is 0 Å². The van der Waals surface area contributed by atoms with Gasteiger partial charge in [0.05, 0.1) is 6.42 Å². The Kier molecular flexibility index (Phi) is 4.01. The molecular formula is C13H17NO3S. The molecule has 1 unspecified atom stereocenters. The summed E-state index contributed by atoms with van der Waals surface area (Å²) < 4.78 is 0. The van der Waals surface area contributed by atoms with Gasteiger partial charge < -0.3 is 10.4 Å². The number of rotatable bonds is 6. The Hall–Kier alpha value is -1.36. The Bertz CT molecular complexity index is 451. The van der Waals surface area contributed by atoms with Gasteiger partial charge in [0.15, 0.2) is 0 Å². The summed E-state index contributed by atoms with van der Waals surface area (Å²) >= 11 is 1.57. The maximum Gasteiger partial charge on any atom is 0.326 e. The molecule has 0 aromatic carbocycles. The lowest BCUT2D eigenvalue weighted by Crippen LogP contribution is -2.41. The first-order valence-corrected chi connectivity index (χ1v) is 6.93. The zero-order chi connectivity index (χ0) is 13.1. The van der Waals surface area contributed by atoms with Crippen LogP contribution < -0.4 is 5.32 Å². The Morgan fingerprint density at radius 2 is 2.22 bits per heavy atom. The van der Waals surface area contributed by atoms with E-state index in [2.05, 4.69) is 5.32 Å². The van der Waals surface area contributed by atoms with Crippen molar-refractivity contribution in [1.29, 1.82) is 0 Å². The number of amides is 1. The van der Waals surface area contributed by atoms with Crippen LogP contribution in [0.2, 0.25) is 0 Å². The number of aryl methyl sites for hydroxylation is 1. The molecule has 1 saturated carbocycles. The van der Waals surface area contributed by atoms with E-state index in [1.165, 1.54) is 0 Å². The van der Waals surface area contributed by atoms with Gasteiger partial charge in [-0.3, -0.25) is 4.79 Å². The number of carboxylic acid groups (broad SMARTS) is 1. The van der Waals surface area contributed by atoms with E-state index in [1.54, 1.807) is 11.3 Å². The lowest BCUT2D eigenvalue weighted by molar-refractivity contribution is -0.142. The number of thiophene rings is 1. The Morgan fingerprint density at radius 1 is 1.50 bits per heavy atom. The normalized spacial score (nSPS) is 16.3. The minimum Gasteiger partial charge on any atom is -0.480 e. The zero-order valence-electron chi connectivity index (χ0n) is 10.3. The highest BCUT2D eigenvalue weighted by Crippen LogP contribution is 2.33. The van der Waals surface area contributed by atoms with Gasteiger partial charge in [-0.05, 0) is 31.4 Å². The maximum absolute atomic E-state index is 11.8. The second-order valence-corrected chi connectivity index (χ2v) is 6.20. The summed E-state index contributed by atoms with van der Waals surface area (Å²) in [5, 5.41) is 11.7. The Labute approximate surface area is 110 Å². The molecule has 0 bridgehead atoms. The molecule has 0 radical (unpaired) electrons. The summed E-state index contributed by atoms with van der Waals surface area (Å²) in [5.74, 6) is -0.655. The molecular weight excluding hydrogens is 250 g/mol. The van der Waals surface area contributed by atoms with Crippen molar-refractivity contribution in [2.75, 3.05) is 0 Å². The molecule has 0 spiro atoms. The van der Waals surface area contributed by atoms with E-state index in [0.717, 1.165) is 22.6 Å². The summed E-state index contributed by atoms with van der Waals surface area (Å²) in [6.45, 7) is 1.99. The summed E-state index contributed by atoms with van der Waals surface area (Å²) in [4.78, 5) is 24.9. The minimum atomic E-state index is -0.933. The van der Waals surface area contributed by atoms with E-state index in [1.807, 2.05) is 19.1 Å². The first-order valence-electron chi connectivity index (χ1n) is 6.12. The second kappa shape index (κ2) is 5.52. The monoisotopic (exact) mass is 267 g/mol. The molecule has 1 amide bonds. The van der Waals surface area contributed by atoms with Crippen molar-refractivity contribution in [3.8, 4) is 0 Å². The predicted molar refractivity (Wildman–Crippen MR) is 69.7 cm³/mol. The van der Waals surface area contributed by atoms with Gasteiger partial charge in [-0.15, -0.1) is 11.3 Å². The molecule has 98 valence electrons. The number of hydrogen-bond donors (Lipinski definition) is 2. The van der Waals surface area contributed by atoms with Crippen LogP contribution in [0.1, 0.15) is 29.0 Å².